The zero-order valence-electron chi connectivity index (χ0n) is 9.61. The minimum absolute atomic E-state index is 0.0550. The Morgan fingerprint density at radius 2 is 1.89 bits per heavy atom. The molecule has 18 heavy (non-hydrogen) atoms. The first-order chi connectivity index (χ1) is 8.60. The van der Waals surface area contributed by atoms with Gasteiger partial charge in [-0.15, -0.1) is 0 Å². The standard InChI is InChI=1S/C13H11ClFNO2/c1-17-9-3-4-11(16)13(7-9)18-12-5-2-8(14)6-10(12)15/h2-7H,16H2,1H3. The molecule has 94 valence electrons. The summed E-state index contributed by atoms with van der Waals surface area (Å²) in [5, 5.41) is 0.304. The van der Waals surface area contributed by atoms with Gasteiger partial charge < -0.3 is 15.2 Å². The molecule has 0 fully saturated rings. The van der Waals surface area contributed by atoms with Crippen molar-refractivity contribution in [1.29, 1.82) is 0 Å². The maximum absolute atomic E-state index is 13.6. The summed E-state index contributed by atoms with van der Waals surface area (Å²) >= 11 is 5.66. The summed E-state index contributed by atoms with van der Waals surface area (Å²) in [6, 6.07) is 9.06. The molecule has 0 unspecified atom stereocenters. The van der Waals surface area contributed by atoms with Gasteiger partial charge in [0.2, 0.25) is 0 Å². The molecule has 0 atom stereocenters. The monoisotopic (exact) mass is 267 g/mol. The van der Waals surface area contributed by atoms with E-state index in [0.29, 0.717) is 22.2 Å². The van der Waals surface area contributed by atoms with E-state index in [4.69, 9.17) is 26.8 Å². The number of benzene rings is 2. The molecule has 0 bridgehead atoms. The molecule has 0 saturated carbocycles. The molecule has 2 rings (SSSR count). The summed E-state index contributed by atoms with van der Waals surface area (Å²) < 4.78 is 24.0. The van der Waals surface area contributed by atoms with Crippen LogP contribution in [-0.4, -0.2) is 7.11 Å². The highest BCUT2D eigenvalue weighted by Crippen LogP contribution is 2.33. The first-order valence-corrected chi connectivity index (χ1v) is 5.54. The predicted octanol–water partition coefficient (Wildman–Crippen LogP) is 3.86. The van der Waals surface area contributed by atoms with Gasteiger partial charge in [0.25, 0.3) is 0 Å². The first-order valence-electron chi connectivity index (χ1n) is 5.16. The predicted molar refractivity (Wildman–Crippen MR) is 68.9 cm³/mol. The summed E-state index contributed by atoms with van der Waals surface area (Å²) in [7, 11) is 1.53. The molecule has 0 aromatic heterocycles. The molecule has 0 aliphatic carbocycles. The van der Waals surface area contributed by atoms with Gasteiger partial charge in [0.1, 0.15) is 5.75 Å². The van der Waals surface area contributed by atoms with E-state index < -0.39 is 5.82 Å². The van der Waals surface area contributed by atoms with Crippen LogP contribution in [0.3, 0.4) is 0 Å². The quantitative estimate of drug-likeness (QED) is 0.859. The molecular formula is C13H11ClFNO2. The number of hydrogen-bond acceptors (Lipinski definition) is 3. The smallest absolute Gasteiger partial charge is 0.167 e. The van der Waals surface area contributed by atoms with Crippen molar-refractivity contribution in [2.45, 2.75) is 0 Å². The lowest BCUT2D eigenvalue weighted by molar-refractivity contribution is 0.406. The summed E-state index contributed by atoms with van der Waals surface area (Å²) in [5.74, 6) is 0.410. The van der Waals surface area contributed by atoms with E-state index in [1.165, 1.54) is 25.3 Å². The lowest BCUT2D eigenvalue weighted by Crippen LogP contribution is -1.95. The minimum atomic E-state index is -0.551. The summed E-state index contributed by atoms with van der Waals surface area (Å²) in [4.78, 5) is 0. The zero-order chi connectivity index (χ0) is 13.1. The summed E-state index contributed by atoms with van der Waals surface area (Å²) in [5.41, 5.74) is 6.14. The number of halogens is 2. The molecule has 2 aromatic rings. The Labute approximate surface area is 109 Å². The molecule has 3 nitrogen and oxygen atoms in total. The van der Waals surface area contributed by atoms with E-state index in [0.717, 1.165) is 0 Å². The number of nitrogens with two attached hydrogens (primary N) is 1. The zero-order valence-corrected chi connectivity index (χ0v) is 10.4. The largest absolute Gasteiger partial charge is 0.497 e. The van der Waals surface area contributed by atoms with Crippen molar-refractivity contribution >= 4 is 17.3 Å². The van der Waals surface area contributed by atoms with Crippen LogP contribution < -0.4 is 15.2 Å². The molecular weight excluding hydrogens is 257 g/mol. The second-order valence-electron chi connectivity index (χ2n) is 3.58. The molecule has 0 spiro atoms. The molecule has 2 N–H and O–H groups in total. The molecule has 0 aliphatic heterocycles. The van der Waals surface area contributed by atoms with Crippen LogP contribution >= 0.6 is 11.6 Å². The van der Waals surface area contributed by atoms with E-state index in [2.05, 4.69) is 0 Å². The SMILES string of the molecule is COc1ccc(N)c(Oc2ccc(Cl)cc2F)c1. The number of methoxy groups -OCH3 is 1. The molecule has 0 saturated heterocycles. The second kappa shape index (κ2) is 5.14. The third kappa shape index (κ3) is 2.65. The van der Waals surface area contributed by atoms with Gasteiger partial charge in [-0.2, -0.15) is 0 Å². The second-order valence-corrected chi connectivity index (χ2v) is 4.02. The van der Waals surface area contributed by atoms with Crippen molar-refractivity contribution < 1.29 is 13.9 Å². The van der Waals surface area contributed by atoms with Crippen molar-refractivity contribution in [3.63, 3.8) is 0 Å². The number of ether oxygens (including phenoxy) is 2. The van der Waals surface area contributed by atoms with Gasteiger partial charge in [0.05, 0.1) is 12.8 Å². The van der Waals surface area contributed by atoms with Crippen LogP contribution in [0.25, 0.3) is 0 Å². The lowest BCUT2D eigenvalue weighted by atomic mass is 10.2. The van der Waals surface area contributed by atoms with Crippen molar-refractivity contribution in [3.8, 4) is 17.2 Å². The van der Waals surface area contributed by atoms with Crippen LogP contribution in [-0.2, 0) is 0 Å². The number of hydrogen-bond donors (Lipinski definition) is 1. The molecule has 2 aromatic carbocycles. The van der Waals surface area contributed by atoms with E-state index in [1.54, 1.807) is 18.2 Å². The Morgan fingerprint density at radius 1 is 1.11 bits per heavy atom. The Balaban J connectivity index is 2.33. The van der Waals surface area contributed by atoms with E-state index >= 15 is 0 Å². The van der Waals surface area contributed by atoms with Crippen LogP contribution in [0.4, 0.5) is 10.1 Å². The average molecular weight is 268 g/mol. The van der Waals surface area contributed by atoms with Gasteiger partial charge in [0, 0.05) is 11.1 Å². The van der Waals surface area contributed by atoms with Gasteiger partial charge in [0.15, 0.2) is 17.3 Å². The topological polar surface area (TPSA) is 44.5 Å². The van der Waals surface area contributed by atoms with Crippen LogP contribution in [0.15, 0.2) is 36.4 Å². The van der Waals surface area contributed by atoms with Gasteiger partial charge >= 0.3 is 0 Å². The highest BCUT2D eigenvalue weighted by atomic mass is 35.5. The Morgan fingerprint density at radius 3 is 2.56 bits per heavy atom. The van der Waals surface area contributed by atoms with Gasteiger partial charge in [-0.1, -0.05) is 11.6 Å². The number of rotatable bonds is 3. The number of anilines is 1. The van der Waals surface area contributed by atoms with Crippen LogP contribution in [0, 0.1) is 5.82 Å². The van der Waals surface area contributed by atoms with Gasteiger partial charge in [-0.05, 0) is 30.3 Å². The van der Waals surface area contributed by atoms with Crippen LogP contribution in [0.2, 0.25) is 5.02 Å². The summed E-state index contributed by atoms with van der Waals surface area (Å²) in [6.45, 7) is 0. The molecule has 0 amide bonds. The highest BCUT2D eigenvalue weighted by Gasteiger charge is 2.09. The Hall–Kier alpha value is -1.94. The fourth-order valence-electron chi connectivity index (χ4n) is 1.41. The fourth-order valence-corrected chi connectivity index (χ4v) is 1.57. The van der Waals surface area contributed by atoms with Gasteiger partial charge in [-0.25, -0.2) is 4.39 Å². The van der Waals surface area contributed by atoms with E-state index in [1.807, 2.05) is 0 Å². The average Bonchev–Trinajstić information content (AvgIpc) is 2.35. The Kier molecular flexibility index (Phi) is 3.58. The molecule has 5 heteroatoms. The fraction of sp³-hybridized carbons (Fsp3) is 0.0769. The molecule has 0 radical (unpaired) electrons. The number of nitrogen functional groups attached to an aromatic ring is 1. The molecule has 0 aliphatic rings. The first kappa shape index (κ1) is 12.5. The van der Waals surface area contributed by atoms with E-state index in [-0.39, 0.29) is 5.75 Å². The van der Waals surface area contributed by atoms with Crippen LogP contribution in [0.1, 0.15) is 0 Å². The lowest BCUT2D eigenvalue weighted by Gasteiger charge is -2.10. The maximum Gasteiger partial charge on any atom is 0.167 e. The molecule has 0 heterocycles. The van der Waals surface area contributed by atoms with Crippen molar-refractivity contribution in [1.82, 2.24) is 0 Å². The van der Waals surface area contributed by atoms with Crippen LogP contribution in [0.5, 0.6) is 17.2 Å². The van der Waals surface area contributed by atoms with Crippen molar-refractivity contribution in [3.05, 3.63) is 47.2 Å². The maximum atomic E-state index is 13.6. The highest BCUT2D eigenvalue weighted by molar-refractivity contribution is 6.30. The minimum Gasteiger partial charge on any atom is -0.497 e. The summed E-state index contributed by atoms with van der Waals surface area (Å²) in [6.07, 6.45) is 0. The van der Waals surface area contributed by atoms with E-state index in [9.17, 15) is 4.39 Å². The van der Waals surface area contributed by atoms with Crippen molar-refractivity contribution in [2.24, 2.45) is 0 Å². The van der Waals surface area contributed by atoms with Crippen molar-refractivity contribution in [2.75, 3.05) is 12.8 Å². The Bertz CT molecular complexity index is 575. The third-order valence-corrected chi connectivity index (χ3v) is 2.57. The third-order valence-electron chi connectivity index (χ3n) is 2.33. The van der Waals surface area contributed by atoms with Gasteiger partial charge in [-0.3, -0.25) is 0 Å². The normalized spacial score (nSPS) is 10.2.